The monoisotopic (exact) mass is 311 g/mol. The molecule has 1 amide bonds. The molecular weight excluding hydrogens is 294 g/mol. The molecule has 0 fully saturated rings. The first-order valence-electron chi connectivity index (χ1n) is 6.59. The van der Waals surface area contributed by atoms with E-state index >= 15 is 0 Å². The van der Waals surface area contributed by atoms with Gasteiger partial charge in [-0.05, 0) is 24.3 Å². The molecule has 0 aliphatic carbocycles. The second-order valence-corrected chi connectivity index (χ2v) is 5.69. The molecule has 1 heterocycles. The summed E-state index contributed by atoms with van der Waals surface area (Å²) in [6.45, 7) is 0.485. The summed E-state index contributed by atoms with van der Waals surface area (Å²) in [5, 5.41) is 11.2. The van der Waals surface area contributed by atoms with Crippen LogP contribution in [0.5, 0.6) is 11.5 Å². The maximum absolute atomic E-state index is 10.8. The number of rotatable bonds is 8. The molecule has 2 unspecified atom stereocenters. The number of aliphatic carboxylic acids is 1. The van der Waals surface area contributed by atoms with E-state index in [-0.39, 0.29) is 6.10 Å². The van der Waals surface area contributed by atoms with Gasteiger partial charge in [-0.2, -0.15) is 11.8 Å². The SMILES string of the molecule is O=CNC(CCSCC1COc2ccccc2O1)C(=O)O. The molecule has 1 aliphatic heterocycles. The van der Waals surface area contributed by atoms with E-state index in [0.717, 1.165) is 11.5 Å². The number of nitrogens with one attached hydrogen (secondary N) is 1. The van der Waals surface area contributed by atoms with E-state index in [9.17, 15) is 9.59 Å². The van der Waals surface area contributed by atoms with Crippen LogP contribution in [-0.4, -0.2) is 47.7 Å². The van der Waals surface area contributed by atoms with Crippen molar-refractivity contribution in [2.75, 3.05) is 18.1 Å². The molecule has 0 aromatic heterocycles. The number of carbonyl (C=O) groups excluding carboxylic acids is 1. The highest BCUT2D eigenvalue weighted by Gasteiger charge is 2.21. The molecule has 2 atom stereocenters. The lowest BCUT2D eigenvalue weighted by Crippen LogP contribution is -2.36. The molecule has 0 bridgehead atoms. The number of carboxylic acids is 1. The van der Waals surface area contributed by atoms with Gasteiger partial charge in [0.25, 0.3) is 0 Å². The molecule has 0 radical (unpaired) electrons. The van der Waals surface area contributed by atoms with Crippen LogP contribution in [-0.2, 0) is 9.59 Å². The van der Waals surface area contributed by atoms with Crippen molar-refractivity contribution in [3.8, 4) is 11.5 Å². The van der Waals surface area contributed by atoms with E-state index in [1.54, 1.807) is 11.8 Å². The summed E-state index contributed by atoms with van der Waals surface area (Å²) in [6.07, 6.45) is 0.744. The fraction of sp³-hybridized carbons (Fsp3) is 0.429. The Labute approximate surface area is 126 Å². The van der Waals surface area contributed by atoms with Crippen molar-refractivity contribution >= 4 is 24.1 Å². The second-order valence-electron chi connectivity index (χ2n) is 4.54. The zero-order valence-corrected chi connectivity index (χ0v) is 12.2. The Kier molecular flexibility index (Phi) is 5.74. The third-order valence-corrected chi connectivity index (χ3v) is 4.12. The maximum atomic E-state index is 10.8. The quantitative estimate of drug-likeness (QED) is 0.553. The molecule has 1 aromatic carbocycles. The fourth-order valence-electron chi connectivity index (χ4n) is 1.92. The molecule has 1 aliphatic rings. The van der Waals surface area contributed by atoms with Gasteiger partial charge in [0, 0.05) is 5.75 Å². The van der Waals surface area contributed by atoms with Crippen molar-refractivity contribution in [1.29, 1.82) is 0 Å². The minimum atomic E-state index is -1.02. The van der Waals surface area contributed by atoms with E-state index in [0.29, 0.717) is 30.9 Å². The molecule has 1 aromatic rings. The van der Waals surface area contributed by atoms with Gasteiger partial charge in [-0.1, -0.05) is 12.1 Å². The zero-order valence-electron chi connectivity index (χ0n) is 11.4. The summed E-state index contributed by atoms with van der Waals surface area (Å²) in [5.74, 6) is 1.80. The number of para-hydroxylation sites is 2. The predicted molar refractivity (Wildman–Crippen MR) is 78.9 cm³/mol. The van der Waals surface area contributed by atoms with E-state index in [2.05, 4.69) is 5.32 Å². The molecular formula is C14H17NO5S. The number of fused-ring (bicyclic) bond motifs is 1. The molecule has 21 heavy (non-hydrogen) atoms. The molecule has 2 rings (SSSR count). The molecule has 0 spiro atoms. The number of amides is 1. The Bertz CT molecular complexity index is 496. The number of ether oxygens (including phenoxy) is 2. The van der Waals surface area contributed by atoms with Crippen LogP contribution in [0, 0.1) is 0 Å². The Balaban J connectivity index is 1.70. The van der Waals surface area contributed by atoms with E-state index in [4.69, 9.17) is 14.6 Å². The smallest absolute Gasteiger partial charge is 0.326 e. The minimum absolute atomic E-state index is 0.0489. The van der Waals surface area contributed by atoms with Gasteiger partial charge in [0.05, 0.1) is 0 Å². The van der Waals surface area contributed by atoms with Crippen LogP contribution >= 0.6 is 11.8 Å². The first kappa shape index (κ1) is 15.5. The fourth-order valence-corrected chi connectivity index (χ4v) is 2.92. The third kappa shape index (κ3) is 4.56. The van der Waals surface area contributed by atoms with Gasteiger partial charge >= 0.3 is 5.97 Å². The molecule has 6 nitrogen and oxygen atoms in total. The van der Waals surface area contributed by atoms with Crippen molar-refractivity contribution in [3.63, 3.8) is 0 Å². The van der Waals surface area contributed by atoms with Crippen molar-refractivity contribution < 1.29 is 24.2 Å². The maximum Gasteiger partial charge on any atom is 0.326 e. The second kappa shape index (κ2) is 7.78. The zero-order chi connectivity index (χ0) is 15.1. The van der Waals surface area contributed by atoms with Crippen LogP contribution in [0.15, 0.2) is 24.3 Å². The van der Waals surface area contributed by atoms with Crippen LogP contribution in [0.4, 0.5) is 0 Å². The highest BCUT2D eigenvalue weighted by molar-refractivity contribution is 7.99. The van der Waals surface area contributed by atoms with Gasteiger partial charge in [-0.3, -0.25) is 4.79 Å². The van der Waals surface area contributed by atoms with Crippen molar-refractivity contribution in [2.45, 2.75) is 18.6 Å². The highest BCUT2D eigenvalue weighted by atomic mass is 32.2. The topological polar surface area (TPSA) is 84.9 Å². The molecule has 0 saturated heterocycles. The van der Waals surface area contributed by atoms with E-state index in [1.165, 1.54) is 0 Å². The standard InChI is InChI=1S/C14H17NO5S/c16-9-15-11(14(17)18)5-6-21-8-10-7-19-12-3-1-2-4-13(12)20-10/h1-4,9-11H,5-8H2,(H,15,16)(H,17,18). The summed E-state index contributed by atoms with van der Waals surface area (Å²) in [7, 11) is 0. The Morgan fingerprint density at radius 1 is 1.48 bits per heavy atom. The number of thioether (sulfide) groups is 1. The molecule has 2 N–H and O–H groups in total. The van der Waals surface area contributed by atoms with Crippen LogP contribution in [0.1, 0.15) is 6.42 Å². The molecule has 114 valence electrons. The highest BCUT2D eigenvalue weighted by Crippen LogP contribution is 2.31. The Morgan fingerprint density at radius 2 is 2.24 bits per heavy atom. The Morgan fingerprint density at radius 3 is 2.95 bits per heavy atom. The summed E-state index contributed by atoms with van der Waals surface area (Å²) in [6, 6.07) is 6.67. The van der Waals surface area contributed by atoms with Gasteiger partial charge < -0.3 is 19.9 Å². The van der Waals surface area contributed by atoms with Crippen LogP contribution in [0.25, 0.3) is 0 Å². The van der Waals surface area contributed by atoms with Crippen LogP contribution in [0.2, 0.25) is 0 Å². The lowest BCUT2D eigenvalue weighted by Gasteiger charge is -2.26. The number of carboxylic acid groups (broad SMARTS) is 1. The number of hydrogen-bond donors (Lipinski definition) is 2. The summed E-state index contributed by atoms with van der Waals surface area (Å²) >= 11 is 1.58. The summed E-state index contributed by atoms with van der Waals surface area (Å²) in [4.78, 5) is 21.1. The normalized spacial score (nSPS) is 17.8. The first-order valence-corrected chi connectivity index (χ1v) is 7.75. The van der Waals surface area contributed by atoms with Gasteiger partial charge in [0.2, 0.25) is 6.41 Å². The molecule has 0 saturated carbocycles. The first-order chi connectivity index (χ1) is 10.2. The molecule has 7 heteroatoms. The van der Waals surface area contributed by atoms with E-state index in [1.807, 2.05) is 24.3 Å². The van der Waals surface area contributed by atoms with Crippen molar-refractivity contribution in [3.05, 3.63) is 24.3 Å². The van der Waals surface area contributed by atoms with Gasteiger partial charge in [0.1, 0.15) is 18.8 Å². The average Bonchev–Trinajstić information content (AvgIpc) is 2.50. The van der Waals surface area contributed by atoms with Crippen LogP contribution < -0.4 is 14.8 Å². The predicted octanol–water partition coefficient (Wildman–Crippen LogP) is 1.15. The lowest BCUT2D eigenvalue weighted by atomic mass is 10.2. The van der Waals surface area contributed by atoms with Crippen LogP contribution in [0.3, 0.4) is 0 Å². The summed E-state index contributed by atoms with van der Waals surface area (Å²) < 4.78 is 11.4. The number of benzene rings is 1. The third-order valence-electron chi connectivity index (χ3n) is 2.99. The van der Waals surface area contributed by atoms with Crippen molar-refractivity contribution in [2.24, 2.45) is 0 Å². The van der Waals surface area contributed by atoms with Crippen molar-refractivity contribution in [1.82, 2.24) is 5.32 Å². The average molecular weight is 311 g/mol. The minimum Gasteiger partial charge on any atom is -0.486 e. The largest absolute Gasteiger partial charge is 0.486 e. The number of hydrogen-bond acceptors (Lipinski definition) is 5. The van der Waals surface area contributed by atoms with E-state index < -0.39 is 12.0 Å². The van der Waals surface area contributed by atoms with Gasteiger partial charge in [0.15, 0.2) is 11.5 Å². The summed E-state index contributed by atoms with van der Waals surface area (Å²) in [5.41, 5.74) is 0. The number of carbonyl (C=O) groups is 2. The van der Waals surface area contributed by atoms with Gasteiger partial charge in [-0.25, -0.2) is 4.79 Å². The van der Waals surface area contributed by atoms with Gasteiger partial charge in [-0.15, -0.1) is 0 Å². The lowest BCUT2D eigenvalue weighted by molar-refractivity contribution is -0.140. The Hall–Kier alpha value is -1.89.